The number of carbonyl (C=O) groups excluding carboxylic acids is 1. The average molecular weight is 199 g/mol. The first-order valence-electron chi connectivity index (χ1n) is 5.15. The molecule has 1 aliphatic heterocycles. The van der Waals surface area contributed by atoms with Crippen LogP contribution >= 0.6 is 0 Å². The first-order valence-corrected chi connectivity index (χ1v) is 5.15. The number of piperidine rings is 1. The normalized spacial score (nSPS) is 22.1. The molecule has 1 rings (SSSR count). The van der Waals surface area contributed by atoms with E-state index in [0.717, 1.165) is 19.4 Å². The smallest absolute Gasteiger partial charge is 0.308 e. The van der Waals surface area contributed by atoms with Crippen LogP contribution < -0.4 is 0 Å². The number of carboxylic acids is 1. The summed E-state index contributed by atoms with van der Waals surface area (Å²) in [6, 6.07) is 0. The summed E-state index contributed by atoms with van der Waals surface area (Å²) in [6.45, 7) is 3.08. The highest BCUT2D eigenvalue weighted by molar-refractivity contribution is 5.77. The molecule has 0 aromatic carbocycles. The molecular formula is C10H17NO3. The van der Waals surface area contributed by atoms with Gasteiger partial charge in [-0.1, -0.05) is 6.92 Å². The quantitative estimate of drug-likeness (QED) is 0.740. The number of aliphatic carboxylic acids is 1. The Morgan fingerprint density at radius 1 is 1.50 bits per heavy atom. The minimum absolute atomic E-state index is 0.0958. The van der Waals surface area contributed by atoms with E-state index in [-0.39, 0.29) is 11.8 Å². The van der Waals surface area contributed by atoms with E-state index in [1.54, 1.807) is 4.90 Å². The summed E-state index contributed by atoms with van der Waals surface area (Å²) in [5, 5.41) is 8.83. The minimum atomic E-state index is -0.779. The largest absolute Gasteiger partial charge is 0.481 e. The molecular weight excluding hydrogens is 182 g/mol. The molecule has 1 N–H and O–H groups in total. The van der Waals surface area contributed by atoms with E-state index in [4.69, 9.17) is 5.11 Å². The highest BCUT2D eigenvalue weighted by Crippen LogP contribution is 2.17. The van der Waals surface area contributed by atoms with Crippen molar-refractivity contribution in [1.82, 2.24) is 4.90 Å². The number of nitrogens with zero attached hydrogens (tertiary/aromatic N) is 1. The van der Waals surface area contributed by atoms with Gasteiger partial charge in [0, 0.05) is 19.5 Å². The van der Waals surface area contributed by atoms with Crippen LogP contribution in [0.4, 0.5) is 0 Å². The van der Waals surface area contributed by atoms with Gasteiger partial charge in [-0.15, -0.1) is 0 Å². The molecule has 0 aromatic rings. The Hall–Kier alpha value is -1.06. The van der Waals surface area contributed by atoms with Crippen molar-refractivity contribution in [3.05, 3.63) is 0 Å². The molecule has 0 aliphatic carbocycles. The summed E-state index contributed by atoms with van der Waals surface area (Å²) >= 11 is 0. The van der Waals surface area contributed by atoms with Crippen LogP contribution in [0.1, 0.15) is 32.6 Å². The molecule has 4 nitrogen and oxygen atoms in total. The number of likely N-dealkylation sites (tertiary alicyclic amines) is 1. The third kappa shape index (κ3) is 2.72. The Kier molecular flexibility index (Phi) is 3.92. The van der Waals surface area contributed by atoms with Crippen molar-refractivity contribution >= 4 is 11.9 Å². The highest BCUT2D eigenvalue weighted by Gasteiger charge is 2.27. The fourth-order valence-electron chi connectivity index (χ4n) is 1.78. The van der Waals surface area contributed by atoms with Crippen molar-refractivity contribution in [3.63, 3.8) is 0 Å². The van der Waals surface area contributed by atoms with Crippen molar-refractivity contribution in [2.24, 2.45) is 5.92 Å². The molecule has 0 radical (unpaired) electrons. The Balaban J connectivity index is 2.47. The fourth-order valence-corrected chi connectivity index (χ4v) is 1.78. The SMILES string of the molecule is CCCC(=O)N1CCC[C@H](C(=O)O)C1. The van der Waals surface area contributed by atoms with Crippen LogP contribution in [-0.2, 0) is 9.59 Å². The van der Waals surface area contributed by atoms with Gasteiger partial charge < -0.3 is 10.0 Å². The lowest BCUT2D eigenvalue weighted by molar-refractivity contribution is -0.145. The second-order valence-corrected chi connectivity index (χ2v) is 3.77. The van der Waals surface area contributed by atoms with Crippen molar-refractivity contribution in [1.29, 1.82) is 0 Å². The molecule has 0 bridgehead atoms. The second-order valence-electron chi connectivity index (χ2n) is 3.77. The summed E-state index contributed by atoms with van der Waals surface area (Å²) in [5.74, 6) is -1.04. The first kappa shape index (κ1) is 11.0. The van der Waals surface area contributed by atoms with Gasteiger partial charge in [0.15, 0.2) is 0 Å². The Labute approximate surface area is 83.9 Å². The number of amides is 1. The average Bonchev–Trinajstić information content (AvgIpc) is 2.18. The molecule has 0 spiro atoms. The molecule has 0 aromatic heterocycles. The summed E-state index contributed by atoms with van der Waals surface area (Å²) < 4.78 is 0. The number of carbonyl (C=O) groups is 2. The third-order valence-electron chi connectivity index (χ3n) is 2.59. The van der Waals surface area contributed by atoms with Crippen molar-refractivity contribution in [3.8, 4) is 0 Å². The van der Waals surface area contributed by atoms with Gasteiger partial charge in [0.1, 0.15) is 0 Å². The van der Waals surface area contributed by atoms with E-state index in [0.29, 0.717) is 19.4 Å². The maximum Gasteiger partial charge on any atom is 0.308 e. The molecule has 0 unspecified atom stereocenters. The molecule has 4 heteroatoms. The number of carboxylic acid groups (broad SMARTS) is 1. The van der Waals surface area contributed by atoms with Crippen molar-refractivity contribution in [2.75, 3.05) is 13.1 Å². The standard InChI is InChI=1S/C10H17NO3/c1-2-4-9(12)11-6-3-5-8(7-11)10(13)14/h8H,2-7H2,1H3,(H,13,14)/t8-/m0/s1. The number of hydrogen-bond donors (Lipinski definition) is 1. The lowest BCUT2D eigenvalue weighted by Gasteiger charge is -2.30. The monoisotopic (exact) mass is 199 g/mol. The highest BCUT2D eigenvalue weighted by atomic mass is 16.4. The van der Waals surface area contributed by atoms with Gasteiger partial charge in [0.05, 0.1) is 5.92 Å². The third-order valence-corrected chi connectivity index (χ3v) is 2.59. The molecule has 1 heterocycles. The second kappa shape index (κ2) is 4.98. The molecule has 1 atom stereocenters. The van der Waals surface area contributed by atoms with Crippen LogP contribution in [-0.4, -0.2) is 35.0 Å². The predicted octanol–water partition coefficient (Wildman–Crippen LogP) is 1.11. The van der Waals surface area contributed by atoms with Gasteiger partial charge in [0.25, 0.3) is 0 Å². The topological polar surface area (TPSA) is 57.6 Å². The van der Waals surface area contributed by atoms with E-state index in [9.17, 15) is 9.59 Å². The lowest BCUT2D eigenvalue weighted by Crippen LogP contribution is -2.42. The van der Waals surface area contributed by atoms with Crippen LogP contribution in [0.15, 0.2) is 0 Å². The summed E-state index contributed by atoms with van der Waals surface area (Å²) in [5.41, 5.74) is 0. The van der Waals surface area contributed by atoms with E-state index in [1.165, 1.54) is 0 Å². The van der Waals surface area contributed by atoms with Crippen LogP contribution in [0.3, 0.4) is 0 Å². The van der Waals surface area contributed by atoms with Gasteiger partial charge in [-0.2, -0.15) is 0 Å². The zero-order valence-corrected chi connectivity index (χ0v) is 8.53. The molecule has 1 aliphatic rings. The molecule has 1 fully saturated rings. The van der Waals surface area contributed by atoms with Crippen LogP contribution in [0, 0.1) is 5.92 Å². The minimum Gasteiger partial charge on any atom is -0.481 e. The lowest BCUT2D eigenvalue weighted by atomic mass is 9.98. The predicted molar refractivity (Wildman–Crippen MR) is 51.8 cm³/mol. The van der Waals surface area contributed by atoms with Crippen LogP contribution in [0.2, 0.25) is 0 Å². The summed E-state index contributed by atoms with van der Waals surface area (Å²) in [7, 11) is 0. The van der Waals surface area contributed by atoms with Crippen LogP contribution in [0.5, 0.6) is 0 Å². The molecule has 0 saturated carbocycles. The zero-order valence-electron chi connectivity index (χ0n) is 8.53. The van der Waals surface area contributed by atoms with Gasteiger partial charge in [-0.3, -0.25) is 9.59 Å². The molecule has 80 valence electrons. The van der Waals surface area contributed by atoms with Crippen molar-refractivity contribution < 1.29 is 14.7 Å². The maximum absolute atomic E-state index is 11.5. The molecule has 1 amide bonds. The van der Waals surface area contributed by atoms with E-state index in [2.05, 4.69) is 0 Å². The Morgan fingerprint density at radius 2 is 2.21 bits per heavy atom. The summed E-state index contributed by atoms with van der Waals surface area (Å²) in [4.78, 5) is 23.9. The summed E-state index contributed by atoms with van der Waals surface area (Å²) in [6.07, 6.45) is 2.87. The van der Waals surface area contributed by atoms with Crippen molar-refractivity contribution in [2.45, 2.75) is 32.6 Å². The Morgan fingerprint density at radius 3 is 2.79 bits per heavy atom. The van der Waals surface area contributed by atoms with Gasteiger partial charge in [0.2, 0.25) is 5.91 Å². The molecule has 14 heavy (non-hydrogen) atoms. The first-order chi connectivity index (χ1) is 6.65. The van der Waals surface area contributed by atoms with E-state index >= 15 is 0 Å². The number of hydrogen-bond acceptors (Lipinski definition) is 2. The van der Waals surface area contributed by atoms with E-state index < -0.39 is 5.97 Å². The zero-order chi connectivity index (χ0) is 10.6. The fraction of sp³-hybridized carbons (Fsp3) is 0.800. The Bertz CT molecular complexity index is 227. The molecule has 1 saturated heterocycles. The number of rotatable bonds is 3. The van der Waals surface area contributed by atoms with Crippen LogP contribution in [0.25, 0.3) is 0 Å². The van der Waals surface area contributed by atoms with Gasteiger partial charge in [-0.05, 0) is 19.3 Å². The van der Waals surface area contributed by atoms with Gasteiger partial charge >= 0.3 is 5.97 Å². The van der Waals surface area contributed by atoms with E-state index in [1.807, 2.05) is 6.92 Å². The maximum atomic E-state index is 11.5. The van der Waals surface area contributed by atoms with Gasteiger partial charge in [-0.25, -0.2) is 0 Å².